The second kappa shape index (κ2) is 5.44. The van der Waals surface area contributed by atoms with Crippen molar-refractivity contribution in [1.29, 1.82) is 0 Å². The van der Waals surface area contributed by atoms with E-state index in [0.29, 0.717) is 13.1 Å². The van der Waals surface area contributed by atoms with Crippen molar-refractivity contribution < 1.29 is 9.53 Å². The minimum atomic E-state index is -0.342. The van der Waals surface area contributed by atoms with E-state index in [4.69, 9.17) is 4.74 Å². The van der Waals surface area contributed by atoms with Crippen molar-refractivity contribution in [2.24, 2.45) is 0 Å². The molecule has 6 heteroatoms. The van der Waals surface area contributed by atoms with Gasteiger partial charge in [-0.2, -0.15) is 0 Å². The summed E-state index contributed by atoms with van der Waals surface area (Å²) in [7, 11) is 0. The molecule has 0 spiro atoms. The van der Waals surface area contributed by atoms with Crippen molar-refractivity contribution in [2.75, 3.05) is 6.54 Å². The van der Waals surface area contributed by atoms with Gasteiger partial charge >= 0.3 is 6.03 Å². The molecule has 1 aromatic heterocycles. The zero-order chi connectivity index (χ0) is 14.8. The van der Waals surface area contributed by atoms with Crippen LogP contribution in [0.2, 0.25) is 0 Å². The standard InChI is InChI=1S/C14H24N4O2/c1-13(2)9-11(14(3,4)20-13)17-12(19)16-6-8-18-7-5-15-10-18/h5,7,10-11H,6,8-9H2,1-4H3,(H2,16,17,19)/t11-/m1/s1. The third kappa shape index (κ3) is 3.72. The normalized spacial score (nSPS) is 23.5. The van der Waals surface area contributed by atoms with Crippen molar-refractivity contribution in [3.8, 4) is 0 Å². The number of imidazole rings is 1. The molecule has 1 saturated heterocycles. The molecule has 112 valence electrons. The quantitative estimate of drug-likeness (QED) is 0.879. The number of nitrogens with one attached hydrogen (secondary N) is 2. The Morgan fingerprint density at radius 2 is 2.20 bits per heavy atom. The number of ether oxygens (including phenoxy) is 1. The van der Waals surface area contributed by atoms with Crippen LogP contribution >= 0.6 is 0 Å². The van der Waals surface area contributed by atoms with Crippen LogP contribution in [0.4, 0.5) is 4.79 Å². The van der Waals surface area contributed by atoms with Gasteiger partial charge in [-0.1, -0.05) is 0 Å². The van der Waals surface area contributed by atoms with E-state index in [-0.39, 0.29) is 23.3 Å². The summed E-state index contributed by atoms with van der Waals surface area (Å²) in [5.41, 5.74) is -0.538. The van der Waals surface area contributed by atoms with Gasteiger partial charge in [0, 0.05) is 25.5 Å². The molecule has 0 saturated carbocycles. The Bertz CT molecular complexity index is 454. The van der Waals surface area contributed by atoms with Crippen molar-refractivity contribution >= 4 is 6.03 Å². The van der Waals surface area contributed by atoms with Crippen LogP contribution in [0.1, 0.15) is 34.1 Å². The summed E-state index contributed by atoms with van der Waals surface area (Å²) < 4.78 is 7.88. The highest BCUT2D eigenvalue weighted by molar-refractivity contribution is 5.74. The Labute approximate surface area is 119 Å². The summed E-state index contributed by atoms with van der Waals surface area (Å²) in [4.78, 5) is 15.9. The molecule has 2 heterocycles. The van der Waals surface area contributed by atoms with Crippen LogP contribution in [0.25, 0.3) is 0 Å². The summed E-state index contributed by atoms with van der Waals surface area (Å²) in [6.07, 6.45) is 6.14. The number of carbonyl (C=O) groups excluding carboxylic acids is 1. The number of carbonyl (C=O) groups is 1. The maximum Gasteiger partial charge on any atom is 0.315 e. The largest absolute Gasteiger partial charge is 0.367 e. The third-order valence-electron chi connectivity index (χ3n) is 3.59. The Kier molecular flexibility index (Phi) is 4.04. The molecule has 0 aromatic carbocycles. The van der Waals surface area contributed by atoms with Gasteiger partial charge < -0.3 is 19.9 Å². The first-order chi connectivity index (χ1) is 9.28. The van der Waals surface area contributed by atoms with Crippen molar-refractivity contribution in [2.45, 2.75) is 57.9 Å². The second-order valence-corrected chi connectivity index (χ2v) is 6.42. The van der Waals surface area contributed by atoms with Crippen LogP contribution in [-0.2, 0) is 11.3 Å². The van der Waals surface area contributed by atoms with E-state index in [1.165, 1.54) is 0 Å². The SMILES string of the molecule is CC1(C)C[C@@H](NC(=O)NCCn2ccnc2)C(C)(C)O1. The predicted octanol–water partition coefficient (Wildman–Crippen LogP) is 1.53. The monoisotopic (exact) mass is 280 g/mol. The lowest BCUT2D eigenvalue weighted by Crippen LogP contribution is -2.50. The van der Waals surface area contributed by atoms with Gasteiger partial charge in [-0.25, -0.2) is 9.78 Å². The lowest BCUT2D eigenvalue weighted by Gasteiger charge is -2.27. The van der Waals surface area contributed by atoms with E-state index in [9.17, 15) is 4.79 Å². The highest BCUT2D eigenvalue weighted by Gasteiger charge is 2.46. The van der Waals surface area contributed by atoms with Crippen LogP contribution < -0.4 is 10.6 Å². The molecule has 1 atom stereocenters. The number of urea groups is 1. The lowest BCUT2D eigenvalue weighted by molar-refractivity contribution is -0.0690. The zero-order valence-corrected chi connectivity index (χ0v) is 12.6. The molecule has 1 fully saturated rings. The van der Waals surface area contributed by atoms with Gasteiger partial charge in [-0.05, 0) is 34.1 Å². The fourth-order valence-corrected chi connectivity index (χ4v) is 2.71. The van der Waals surface area contributed by atoms with Crippen LogP contribution in [0.15, 0.2) is 18.7 Å². The van der Waals surface area contributed by atoms with Crippen LogP contribution in [0, 0.1) is 0 Å². The molecule has 0 unspecified atom stereocenters. The molecule has 0 radical (unpaired) electrons. The van der Waals surface area contributed by atoms with Crippen molar-refractivity contribution in [1.82, 2.24) is 20.2 Å². The minimum Gasteiger partial charge on any atom is -0.367 e. The van der Waals surface area contributed by atoms with E-state index >= 15 is 0 Å². The molecule has 2 rings (SSSR count). The number of hydrogen-bond acceptors (Lipinski definition) is 3. The first kappa shape index (κ1) is 14.8. The molecule has 6 nitrogen and oxygen atoms in total. The van der Waals surface area contributed by atoms with Gasteiger partial charge in [0.05, 0.1) is 23.6 Å². The summed E-state index contributed by atoms with van der Waals surface area (Å²) in [6, 6.07) is -0.129. The number of nitrogens with zero attached hydrogens (tertiary/aromatic N) is 2. The average molecular weight is 280 g/mol. The molecule has 1 aromatic rings. The molecule has 0 bridgehead atoms. The van der Waals surface area contributed by atoms with Crippen LogP contribution in [-0.4, -0.2) is 39.4 Å². The first-order valence-corrected chi connectivity index (χ1v) is 6.99. The van der Waals surface area contributed by atoms with Gasteiger partial charge in [0.15, 0.2) is 0 Å². The molecule has 1 aliphatic heterocycles. The smallest absolute Gasteiger partial charge is 0.315 e. The predicted molar refractivity (Wildman–Crippen MR) is 76.4 cm³/mol. The lowest BCUT2D eigenvalue weighted by atomic mass is 9.95. The number of aromatic nitrogens is 2. The second-order valence-electron chi connectivity index (χ2n) is 6.42. The van der Waals surface area contributed by atoms with Crippen LogP contribution in [0.5, 0.6) is 0 Å². The summed E-state index contributed by atoms with van der Waals surface area (Å²) in [6.45, 7) is 9.40. The molecular formula is C14H24N4O2. The van der Waals surface area contributed by atoms with Gasteiger partial charge in [-0.3, -0.25) is 0 Å². The average Bonchev–Trinajstić information content (AvgIpc) is 2.85. The number of hydrogen-bond donors (Lipinski definition) is 2. The summed E-state index contributed by atoms with van der Waals surface area (Å²) in [5, 5.41) is 5.86. The molecular weight excluding hydrogens is 256 g/mol. The Balaban J connectivity index is 1.77. The maximum atomic E-state index is 11.9. The first-order valence-electron chi connectivity index (χ1n) is 6.99. The molecule has 2 N–H and O–H groups in total. The topological polar surface area (TPSA) is 68.2 Å². The fourth-order valence-electron chi connectivity index (χ4n) is 2.71. The highest BCUT2D eigenvalue weighted by atomic mass is 16.5. The van der Waals surface area contributed by atoms with Gasteiger partial charge in [0.2, 0.25) is 0 Å². The van der Waals surface area contributed by atoms with Crippen molar-refractivity contribution in [3.63, 3.8) is 0 Å². The third-order valence-corrected chi connectivity index (χ3v) is 3.59. The number of rotatable bonds is 4. The molecule has 20 heavy (non-hydrogen) atoms. The Morgan fingerprint density at radius 3 is 2.75 bits per heavy atom. The van der Waals surface area contributed by atoms with E-state index in [1.54, 1.807) is 12.5 Å². The van der Waals surface area contributed by atoms with Crippen molar-refractivity contribution in [3.05, 3.63) is 18.7 Å². The van der Waals surface area contributed by atoms with E-state index < -0.39 is 0 Å². The molecule has 2 amide bonds. The summed E-state index contributed by atoms with van der Waals surface area (Å²) in [5.74, 6) is 0. The van der Waals surface area contributed by atoms with Gasteiger partial charge in [0.1, 0.15) is 0 Å². The van der Waals surface area contributed by atoms with Crippen LogP contribution in [0.3, 0.4) is 0 Å². The number of amides is 2. The van der Waals surface area contributed by atoms with E-state index in [0.717, 1.165) is 6.42 Å². The minimum absolute atomic E-state index is 0.0192. The Hall–Kier alpha value is -1.56. The van der Waals surface area contributed by atoms with Gasteiger partial charge in [0.25, 0.3) is 0 Å². The Morgan fingerprint density at radius 1 is 1.45 bits per heavy atom. The highest BCUT2D eigenvalue weighted by Crippen LogP contribution is 2.37. The zero-order valence-electron chi connectivity index (χ0n) is 12.6. The fraction of sp³-hybridized carbons (Fsp3) is 0.714. The van der Waals surface area contributed by atoms with E-state index in [2.05, 4.69) is 15.6 Å². The van der Waals surface area contributed by atoms with Gasteiger partial charge in [-0.15, -0.1) is 0 Å². The van der Waals surface area contributed by atoms with E-state index in [1.807, 2.05) is 38.5 Å². The molecule has 0 aliphatic carbocycles. The maximum absolute atomic E-state index is 11.9. The summed E-state index contributed by atoms with van der Waals surface area (Å²) >= 11 is 0. The molecule has 1 aliphatic rings.